The molecule has 11 heteroatoms. The summed E-state index contributed by atoms with van der Waals surface area (Å²) in [7, 11) is -9.29. The molecule has 2 saturated carbocycles. The van der Waals surface area contributed by atoms with E-state index in [0.29, 0.717) is 11.8 Å². The molecule has 2 rings (SSSR count). The molecule has 0 aromatic heterocycles. The summed E-state index contributed by atoms with van der Waals surface area (Å²) in [5.74, 6) is 1.23. The molecule has 4 unspecified atom stereocenters. The van der Waals surface area contributed by atoms with Crippen molar-refractivity contribution in [3.63, 3.8) is 0 Å². The lowest BCUT2D eigenvalue weighted by molar-refractivity contribution is -0.131. The zero-order valence-electron chi connectivity index (χ0n) is 9.34. The van der Waals surface area contributed by atoms with Crippen LogP contribution in [0.4, 0.5) is 0 Å². The molecule has 2 aliphatic carbocycles. The van der Waals surface area contributed by atoms with Crippen LogP contribution in [-0.2, 0) is 18.5 Å². The van der Waals surface area contributed by atoms with Crippen LogP contribution in [0.3, 0.4) is 0 Å². The summed E-state index contributed by atoms with van der Waals surface area (Å²) < 4.78 is 31.3. The molecule has 0 heterocycles. The first kappa shape index (κ1) is 15.0. The fraction of sp³-hybridized carbons (Fsp3) is 1.00. The third-order valence-corrected chi connectivity index (χ3v) is 6.11. The Bertz CT molecular complexity index is 401. The summed E-state index contributed by atoms with van der Waals surface area (Å²) in [5, 5.41) is 0.239. The van der Waals surface area contributed by atoms with E-state index in [0.717, 1.165) is 31.2 Å². The average Bonchev–Trinajstić information content (AvgIpc) is 2.85. The molecule has 4 N–H and O–H groups in total. The number of hydrogen-bond acceptors (Lipinski definition) is 5. The van der Waals surface area contributed by atoms with Crippen LogP contribution in [0.1, 0.15) is 25.7 Å². The van der Waals surface area contributed by atoms with E-state index in [9.17, 15) is 14.0 Å². The van der Waals surface area contributed by atoms with Crippen molar-refractivity contribution in [1.82, 2.24) is 4.49 Å². The van der Waals surface area contributed by atoms with Crippen LogP contribution in [0, 0.1) is 11.8 Å². The van der Waals surface area contributed by atoms with Crippen molar-refractivity contribution in [2.75, 3.05) is 0 Å². The molecule has 4 atom stereocenters. The molecule has 0 saturated heterocycles. The third-order valence-electron chi connectivity index (χ3n) is 3.22. The Balaban J connectivity index is 1.75. The van der Waals surface area contributed by atoms with Gasteiger partial charge in [-0.05, 0) is 31.1 Å². The SMILES string of the molecule is O=P(O)(O)OOP(=O)(O)NSC1CC2CCC1C2. The molecule has 0 amide bonds. The van der Waals surface area contributed by atoms with Crippen molar-refractivity contribution in [2.45, 2.75) is 30.9 Å². The molecular formula is C7H15NO7P2S. The van der Waals surface area contributed by atoms with E-state index in [1.165, 1.54) is 6.42 Å². The number of phosphoric acid groups is 1. The molecule has 106 valence electrons. The molecular weight excluding hydrogens is 304 g/mol. The van der Waals surface area contributed by atoms with Crippen molar-refractivity contribution in [1.29, 1.82) is 0 Å². The van der Waals surface area contributed by atoms with E-state index in [4.69, 9.17) is 9.79 Å². The van der Waals surface area contributed by atoms with E-state index in [1.807, 2.05) is 0 Å². The van der Waals surface area contributed by atoms with Crippen molar-refractivity contribution in [2.24, 2.45) is 11.8 Å². The highest BCUT2D eigenvalue weighted by atomic mass is 32.2. The van der Waals surface area contributed by atoms with Crippen LogP contribution in [0.25, 0.3) is 0 Å². The van der Waals surface area contributed by atoms with Gasteiger partial charge in [0.1, 0.15) is 0 Å². The van der Waals surface area contributed by atoms with Gasteiger partial charge in [0.25, 0.3) is 0 Å². The zero-order chi connectivity index (χ0) is 13.4. The smallest absolute Gasteiger partial charge is 0.310 e. The number of nitrogens with one attached hydrogen (secondary N) is 1. The van der Waals surface area contributed by atoms with E-state index >= 15 is 0 Å². The van der Waals surface area contributed by atoms with Gasteiger partial charge in [-0.15, -0.1) is 9.35 Å². The lowest BCUT2D eigenvalue weighted by Crippen LogP contribution is -2.17. The van der Waals surface area contributed by atoms with Crippen molar-refractivity contribution < 1.29 is 33.2 Å². The first-order valence-electron chi connectivity index (χ1n) is 5.44. The first-order chi connectivity index (χ1) is 8.25. The van der Waals surface area contributed by atoms with E-state index in [-0.39, 0.29) is 5.25 Å². The summed E-state index contributed by atoms with van der Waals surface area (Å²) in [6.45, 7) is 0. The minimum atomic E-state index is -4.93. The molecule has 0 aliphatic heterocycles. The van der Waals surface area contributed by atoms with Crippen LogP contribution < -0.4 is 4.49 Å². The van der Waals surface area contributed by atoms with Crippen molar-refractivity contribution in [3.05, 3.63) is 0 Å². The van der Waals surface area contributed by atoms with Crippen LogP contribution in [0.5, 0.6) is 0 Å². The second-order valence-electron chi connectivity index (χ2n) is 4.58. The molecule has 0 aromatic rings. The topological polar surface area (TPSA) is 125 Å². The Morgan fingerprint density at radius 3 is 2.33 bits per heavy atom. The Hall–Kier alpha value is 0.570. The average molecular weight is 319 g/mol. The normalized spacial score (nSPS) is 34.7. The highest BCUT2D eigenvalue weighted by molar-refractivity contribution is 8.02. The summed E-state index contributed by atoms with van der Waals surface area (Å²) in [6.07, 6.45) is 4.48. The Morgan fingerprint density at radius 2 is 1.83 bits per heavy atom. The molecule has 2 aliphatic rings. The molecule has 0 aromatic carbocycles. The van der Waals surface area contributed by atoms with Crippen molar-refractivity contribution in [3.8, 4) is 0 Å². The maximum Gasteiger partial charge on any atom is 0.497 e. The summed E-state index contributed by atoms with van der Waals surface area (Å²) >= 11 is 1.08. The van der Waals surface area contributed by atoms with Crippen LogP contribution in [-0.4, -0.2) is 19.9 Å². The minimum Gasteiger partial charge on any atom is -0.310 e. The predicted octanol–water partition coefficient (Wildman–Crippen LogP) is 1.55. The van der Waals surface area contributed by atoms with Gasteiger partial charge in [0, 0.05) is 5.25 Å². The second kappa shape index (κ2) is 5.52. The fourth-order valence-electron chi connectivity index (χ4n) is 2.57. The van der Waals surface area contributed by atoms with Crippen LogP contribution in [0.15, 0.2) is 0 Å². The van der Waals surface area contributed by atoms with E-state index < -0.39 is 15.6 Å². The maximum atomic E-state index is 11.4. The molecule has 0 radical (unpaired) electrons. The molecule has 8 nitrogen and oxygen atoms in total. The summed E-state index contributed by atoms with van der Waals surface area (Å²) in [4.78, 5) is 25.9. The van der Waals surface area contributed by atoms with Gasteiger partial charge in [0.05, 0.1) is 0 Å². The highest BCUT2D eigenvalue weighted by Crippen LogP contribution is 2.52. The maximum absolute atomic E-state index is 11.4. The fourth-order valence-corrected chi connectivity index (χ4v) is 5.28. The zero-order valence-corrected chi connectivity index (χ0v) is 11.9. The second-order valence-corrected chi connectivity index (χ2v) is 8.47. The lowest BCUT2D eigenvalue weighted by Gasteiger charge is -2.21. The number of hydrogen-bond donors (Lipinski definition) is 4. The molecule has 0 spiro atoms. The minimum absolute atomic E-state index is 0.239. The number of fused-ring (bicyclic) bond motifs is 2. The highest BCUT2D eigenvalue weighted by Gasteiger charge is 2.41. The lowest BCUT2D eigenvalue weighted by atomic mass is 10.0. The monoisotopic (exact) mass is 319 g/mol. The Morgan fingerprint density at radius 1 is 1.11 bits per heavy atom. The quantitative estimate of drug-likeness (QED) is 0.250. The van der Waals surface area contributed by atoms with Gasteiger partial charge in [-0.25, -0.2) is 9.13 Å². The Kier molecular flexibility index (Phi) is 4.59. The van der Waals surface area contributed by atoms with Gasteiger partial charge in [-0.3, -0.25) is 0 Å². The van der Waals surface area contributed by atoms with Crippen molar-refractivity contribution >= 4 is 27.5 Å². The number of rotatable bonds is 6. The summed E-state index contributed by atoms with van der Waals surface area (Å²) in [6, 6.07) is 0. The summed E-state index contributed by atoms with van der Waals surface area (Å²) in [5.41, 5.74) is 0. The first-order valence-corrected chi connectivity index (χ1v) is 9.43. The van der Waals surface area contributed by atoms with E-state index in [2.05, 4.69) is 13.8 Å². The van der Waals surface area contributed by atoms with E-state index in [1.54, 1.807) is 0 Å². The molecule has 2 fully saturated rings. The Labute approximate surface area is 108 Å². The molecule has 18 heavy (non-hydrogen) atoms. The van der Waals surface area contributed by atoms with Crippen LogP contribution >= 0.6 is 27.5 Å². The van der Waals surface area contributed by atoms with Gasteiger partial charge < -0.3 is 14.7 Å². The van der Waals surface area contributed by atoms with Gasteiger partial charge in [0.2, 0.25) is 0 Å². The molecule has 2 bridgehead atoms. The largest absolute Gasteiger partial charge is 0.497 e. The van der Waals surface area contributed by atoms with Gasteiger partial charge in [0.15, 0.2) is 0 Å². The van der Waals surface area contributed by atoms with Gasteiger partial charge in [-0.2, -0.15) is 4.49 Å². The third kappa shape index (κ3) is 4.30. The standard InChI is InChI=1S/C7H15NO7P2S/c9-16(10,14-15-17(11,12)13)8-18-7-4-5-1-2-6(7)3-5/h5-7H,1-4H2,(H2,8,9,10)(H2,11,12,13). The van der Waals surface area contributed by atoms with Gasteiger partial charge in [-0.1, -0.05) is 18.4 Å². The van der Waals surface area contributed by atoms with Crippen LogP contribution in [0.2, 0.25) is 0 Å². The van der Waals surface area contributed by atoms with Gasteiger partial charge >= 0.3 is 15.6 Å². The predicted molar refractivity (Wildman–Crippen MR) is 64.0 cm³/mol.